The molecule has 0 amide bonds. The number of carbonyl (C=O) groups is 1. The van der Waals surface area contributed by atoms with E-state index >= 15 is 0 Å². The van der Waals surface area contributed by atoms with Crippen LogP contribution < -0.4 is 0 Å². The van der Waals surface area contributed by atoms with Crippen molar-refractivity contribution < 1.29 is 22.7 Å². The van der Waals surface area contributed by atoms with Crippen LogP contribution in [0, 0.1) is 17.2 Å². The van der Waals surface area contributed by atoms with Crippen molar-refractivity contribution in [1.29, 1.82) is 5.26 Å². The Bertz CT molecular complexity index is 273. The lowest BCUT2D eigenvalue weighted by atomic mass is 10.1. The SMILES string of the molecule is CCOC(=O)CN(C)CC(C#N)C(F)(F)F. The number of alkyl halides is 3. The van der Waals surface area contributed by atoms with Gasteiger partial charge in [0.05, 0.1) is 19.2 Å². The predicted molar refractivity (Wildman–Crippen MR) is 49.3 cm³/mol. The molecule has 0 bridgehead atoms. The number of nitrogens with zero attached hydrogens (tertiary/aromatic N) is 2. The van der Waals surface area contributed by atoms with Crippen LogP contribution in [-0.2, 0) is 9.53 Å². The summed E-state index contributed by atoms with van der Waals surface area (Å²) in [6.45, 7) is 0.972. The third-order valence-corrected chi connectivity index (χ3v) is 1.75. The third kappa shape index (κ3) is 5.56. The Labute approximate surface area is 91.6 Å². The Kier molecular flexibility index (Phi) is 5.82. The molecular formula is C9H13F3N2O2. The molecule has 92 valence electrons. The molecule has 16 heavy (non-hydrogen) atoms. The molecule has 0 rings (SSSR count). The molecule has 0 aromatic carbocycles. The Morgan fingerprint density at radius 3 is 2.50 bits per heavy atom. The Morgan fingerprint density at radius 1 is 1.56 bits per heavy atom. The number of halogens is 3. The first-order valence-corrected chi connectivity index (χ1v) is 4.61. The van der Waals surface area contributed by atoms with E-state index in [-0.39, 0.29) is 13.2 Å². The molecule has 0 saturated heterocycles. The van der Waals surface area contributed by atoms with Crippen LogP contribution in [0.1, 0.15) is 6.92 Å². The van der Waals surface area contributed by atoms with Crippen LogP contribution in [0.2, 0.25) is 0 Å². The highest BCUT2D eigenvalue weighted by atomic mass is 19.4. The standard InChI is InChI=1S/C9H13F3N2O2/c1-3-16-8(15)6-14(2)5-7(4-13)9(10,11)12/h7H,3,5-6H2,1-2H3. The van der Waals surface area contributed by atoms with Crippen LogP contribution in [0.4, 0.5) is 13.2 Å². The molecule has 0 aliphatic heterocycles. The van der Waals surface area contributed by atoms with Crippen molar-refractivity contribution in [3.8, 4) is 6.07 Å². The van der Waals surface area contributed by atoms with Crippen LogP contribution >= 0.6 is 0 Å². The van der Waals surface area contributed by atoms with Gasteiger partial charge >= 0.3 is 12.1 Å². The zero-order valence-corrected chi connectivity index (χ0v) is 9.04. The third-order valence-electron chi connectivity index (χ3n) is 1.75. The Morgan fingerprint density at radius 2 is 2.12 bits per heavy atom. The minimum atomic E-state index is -4.57. The molecule has 0 aliphatic carbocycles. The summed E-state index contributed by atoms with van der Waals surface area (Å²) >= 11 is 0. The first kappa shape index (κ1) is 14.7. The predicted octanol–water partition coefficient (Wildman–Crippen LogP) is 1.18. The molecule has 0 spiro atoms. The molecule has 4 nitrogen and oxygen atoms in total. The Balaban J connectivity index is 4.18. The van der Waals surface area contributed by atoms with E-state index < -0.39 is 24.6 Å². The van der Waals surface area contributed by atoms with Crippen molar-refractivity contribution in [3.05, 3.63) is 0 Å². The molecule has 0 N–H and O–H groups in total. The van der Waals surface area contributed by atoms with E-state index in [1.54, 1.807) is 6.92 Å². The second-order valence-electron chi connectivity index (χ2n) is 3.23. The topological polar surface area (TPSA) is 53.3 Å². The summed E-state index contributed by atoms with van der Waals surface area (Å²) in [7, 11) is 1.33. The molecule has 7 heteroatoms. The van der Waals surface area contributed by atoms with Gasteiger partial charge in [-0.15, -0.1) is 0 Å². The first-order valence-electron chi connectivity index (χ1n) is 4.61. The first-order chi connectivity index (χ1) is 7.31. The number of ether oxygens (including phenoxy) is 1. The van der Waals surface area contributed by atoms with Crippen LogP contribution in [0.3, 0.4) is 0 Å². The van der Waals surface area contributed by atoms with Gasteiger partial charge in [-0.1, -0.05) is 0 Å². The summed E-state index contributed by atoms with van der Waals surface area (Å²) in [6.07, 6.45) is -4.57. The maximum atomic E-state index is 12.2. The smallest absolute Gasteiger partial charge is 0.405 e. The molecule has 0 aromatic rings. The van der Waals surface area contributed by atoms with Crippen molar-refractivity contribution >= 4 is 5.97 Å². The number of likely N-dealkylation sites (N-methyl/N-ethyl adjacent to an activating group) is 1. The lowest BCUT2D eigenvalue weighted by Crippen LogP contribution is -2.37. The Hall–Kier alpha value is -1.29. The van der Waals surface area contributed by atoms with E-state index in [0.29, 0.717) is 0 Å². The number of esters is 1. The largest absolute Gasteiger partial charge is 0.465 e. The van der Waals surface area contributed by atoms with Crippen molar-refractivity contribution in [2.45, 2.75) is 13.1 Å². The number of carbonyl (C=O) groups excluding carboxylic acids is 1. The fourth-order valence-corrected chi connectivity index (χ4v) is 1.02. The quantitative estimate of drug-likeness (QED) is 0.675. The van der Waals surface area contributed by atoms with Crippen LogP contribution in [0.5, 0.6) is 0 Å². The molecular weight excluding hydrogens is 225 g/mol. The highest BCUT2D eigenvalue weighted by Gasteiger charge is 2.40. The van der Waals surface area contributed by atoms with Gasteiger partial charge in [0.15, 0.2) is 5.92 Å². The average Bonchev–Trinajstić information content (AvgIpc) is 2.12. The van der Waals surface area contributed by atoms with E-state index in [4.69, 9.17) is 5.26 Å². The molecule has 0 heterocycles. The monoisotopic (exact) mass is 238 g/mol. The fourth-order valence-electron chi connectivity index (χ4n) is 1.02. The van der Waals surface area contributed by atoms with Gasteiger partial charge in [0.25, 0.3) is 0 Å². The molecule has 0 saturated carbocycles. The second-order valence-corrected chi connectivity index (χ2v) is 3.23. The fraction of sp³-hybridized carbons (Fsp3) is 0.778. The van der Waals surface area contributed by atoms with Crippen LogP contribution in [0.15, 0.2) is 0 Å². The van der Waals surface area contributed by atoms with Crippen molar-refractivity contribution in [2.24, 2.45) is 5.92 Å². The van der Waals surface area contributed by atoms with Crippen LogP contribution in [-0.4, -0.2) is 43.8 Å². The van der Waals surface area contributed by atoms with Gasteiger partial charge in [-0.3, -0.25) is 9.69 Å². The van der Waals surface area contributed by atoms with Gasteiger partial charge in [-0.25, -0.2) is 0 Å². The van der Waals surface area contributed by atoms with E-state index in [1.807, 2.05) is 0 Å². The lowest BCUT2D eigenvalue weighted by Gasteiger charge is -2.20. The van der Waals surface area contributed by atoms with Gasteiger partial charge in [-0.2, -0.15) is 18.4 Å². The van der Waals surface area contributed by atoms with Gasteiger partial charge in [0, 0.05) is 6.54 Å². The van der Waals surface area contributed by atoms with E-state index in [0.717, 1.165) is 11.0 Å². The normalized spacial score (nSPS) is 13.3. The number of rotatable bonds is 5. The van der Waals surface area contributed by atoms with Crippen LogP contribution in [0.25, 0.3) is 0 Å². The molecule has 1 atom stereocenters. The zero-order chi connectivity index (χ0) is 12.8. The summed E-state index contributed by atoms with van der Waals surface area (Å²) in [6, 6.07) is 1.16. The highest BCUT2D eigenvalue weighted by Crippen LogP contribution is 2.25. The number of hydrogen-bond acceptors (Lipinski definition) is 4. The minimum Gasteiger partial charge on any atom is -0.465 e. The summed E-state index contributed by atoms with van der Waals surface area (Å²) in [5.74, 6) is -2.70. The molecule has 1 unspecified atom stereocenters. The van der Waals surface area contributed by atoms with Crippen molar-refractivity contribution in [3.63, 3.8) is 0 Å². The lowest BCUT2D eigenvalue weighted by molar-refractivity contribution is -0.164. The number of nitriles is 1. The maximum absolute atomic E-state index is 12.2. The van der Waals surface area contributed by atoms with Crippen molar-refractivity contribution in [1.82, 2.24) is 4.90 Å². The molecule has 0 radical (unpaired) electrons. The minimum absolute atomic E-state index is 0.174. The summed E-state index contributed by atoms with van der Waals surface area (Å²) in [4.78, 5) is 12.1. The zero-order valence-electron chi connectivity index (χ0n) is 9.04. The summed E-state index contributed by atoms with van der Waals surface area (Å²) in [5, 5.41) is 8.34. The molecule has 0 aliphatic rings. The van der Waals surface area contributed by atoms with Gasteiger partial charge in [0.1, 0.15) is 0 Å². The molecule has 0 aromatic heterocycles. The molecule has 0 fully saturated rings. The maximum Gasteiger partial charge on any atom is 0.405 e. The van der Waals surface area contributed by atoms with E-state index in [9.17, 15) is 18.0 Å². The van der Waals surface area contributed by atoms with Gasteiger partial charge < -0.3 is 4.74 Å². The van der Waals surface area contributed by atoms with E-state index in [1.165, 1.54) is 7.05 Å². The average molecular weight is 238 g/mol. The number of hydrogen-bond donors (Lipinski definition) is 0. The van der Waals surface area contributed by atoms with Gasteiger partial charge in [-0.05, 0) is 14.0 Å². The summed E-state index contributed by atoms with van der Waals surface area (Å²) in [5.41, 5.74) is 0. The van der Waals surface area contributed by atoms with E-state index in [2.05, 4.69) is 4.74 Å². The highest BCUT2D eigenvalue weighted by molar-refractivity contribution is 5.71. The van der Waals surface area contributed by atoms with Crippen molar-refractivity contribution in [2.75, 3.05) is 26.7 Å². The second kappa shape index (κ2) is 6.33. The van der Waals surface area contributed by atoms with Gasteiger partial charge in [0.2, 0.25) is 0 Å². The summed E-state index contributed by atoms with van der Waals surface area (Å²) < 4.78 is 41.2.